The van der Waals surface area contributed by atoms with Crippen molar-refractivity contribution in [2.45, 2.75) is 51.5 Å². The molecule has 1 rings (SSSR count). The summed E-state index contributed by atoms with van der Waals surface area (Å²) in [4.78, 5) is 0. The second-order valence-electron chi connectivity index (χ2n) is 4.41. The number of rotatable bonds is 9. The van der Waals surface area contributed by atoms with Crippen LogP contribution in [-0.2, 0) is 4.74 Å². The van der Waals surface area contributed by atoms with E-state index in [-0.39, 0.29) is 0 Å². The predicted octanol–water partition coefficient (Wildman–Crippen LogP) is 2.58. The molecule has 2 nitrogen and oxygen atoms in total. The molecule has 0 aromatic carbocycles. The topological polar surface area (TPSA) is 21.3 Å². The SMILES string of the molecule is CCCOCCC(CCC1CC1)NC. The van der Waals surface area contributed by atoms with Crippen LogP contribution in [0.15, 0.2) is 0 Å². The molecule has 1 atom stereocenters. The van der Waals surface area contributed by atoms with Crippen LogP contribution in [0.5, 0.6) is 0 Å². The van der Waals surface area contributed by atoms with Gasteiger partial charge in [0.1, 0.15) is 0 Å². The van der Waals surface area contributed by atoms with Gasteiger partial charge in [-0.1, -0.05) is 19.8 Å². The Balaban J connectivity index is 1.93. The van der Waals surface area contributed by atoms with Gasteiger partial charge in [-0.3, -0.25) is 0 Å². The van der Waals surface area contributed by atoms with E-state index in [1.165, 1.54) is 32.1 Å². The van der Waals surface area contributed by atoms with Gasteiger partial charge in [0.2, 0.25) is 0 Å². The molecule has 14 heavy (non-hydrogen) atoms. The molecule has 2 heteroatoms. The van der Waals surface area contributed by atoms with Crippen LogP contribution in [0.3, 0.4) is 0 Å². The second-order valence-corrected chi connectivity index (χ2v) is 4.41. The lowest BCUT2D eigenvalue weighted by Gasteiger charge is -2.15. The summed E-state index contributed by atoms with van der Waals surface area (Å²) in [7, 11) is 2.07. The molecule has 0 aromatic rings. The zero-order valence-corrected chi connectivity index (χ0v) is 9.72. The van der Waals surface area contributed by atoms with Gasteiger partial charge in [0.15, 0.2) is 0 Å². The van der Waals surface area contributed by atoms with E-state index in [0.717, 1.165) is 25.6 Å². The first-order chi connectivity index (χ1) is 6.86. The monoisotopic (exact) mass is 199 g/mol. The van der Waals surface area contributed by atoms with Crippen LogP contribution in [0.1, 0.15) is 45.4 Å². The highest BCUT2D eigenvalue weighted by Gasteiger charge is 2.21. The van der Waals surface area contributed by atoms with E-state index in [0.29, 0.717) is 6.04 Å². The molecular formula is C12H25NO. The summed E-state index contributed by atoms with van der Waals surface area (Å²) >= 11 is 0. The van der Waals surface area contributed by atoms with E-state index in [1.54, 1.807) is 0 Å². The smallest absolute Gasteiger partial charge is 0.0480 e. The van der Waals surface area contributed by atoms with Crippen molar-refractivity contribution < 1.29 is 4.74 Å². The third kappa shape index (κ3) is 5.61. The molecule has 0 saturated heterocycles. The van der Waals surface area contributed by atoms with Gasteiger partial charge in [-0.25, -0.2) is 0 Å². The third-order valence-electron chi connectivity index (χ3n) is 2.99. The van der Waals surface area contributed by atoms with Gasteiger partial charge in [0, 0.05) is 19.3 Å². The fraction of sp³-hybridized carbons (Fsp3) is 1.00. The molecule has 1 N–H and O–H groups in total. The van der Waals surface area contributed by atoms with E-state index in [2.05, 4.69) is 19.3 Å². The Morgan fingerprint density at radius 3 is 2.64 bits per heavy atom. The maximum Gasteiger partial charge on any atom is 0.0480 e. The summed E-state index contributed by atoms with van der Waals surface area (Å²) in [5.74, 6) is 1.06. The van der Waals surface area contributed by atoms with E-state index in [9.17, 15) is 0 Å². The van der Waals surface area contributed by atoms with Crippen molar-refractivity contribution in [1.82, 2.24) is 5.32 Å². The zero-order valence-electron chi connectivity index (χ0n) is 9.72. The summed E-state index contributed by atoms with van der Waals surface area (Å²) in [6.45, 7) is 3.99. The Labute approximate surface area is 88.4 Å². The van der Waals surface area contributed by atoms with Crippen LogP contribution in [0.2, 0.25) is 0 Å². The zero-order chi connectivity index (χ0) is 10.2. The molecule has 0 aromatic heterocycles. The summed E-state index contributed by atoms with van der Waals surface area (Å²) in [5.41, 5.74) is 0. The first-order valence-electron chi connectivity index (χ1n) is 6.11. The van der Waals surface area contributed by atoms with Crippen molar-refractivity contribution in [3.8, 4) is 0 Å². The van der Waals surface area contributed by atoms with Gasteiger partial charge in [-0.15, -0.1) is 0 Å². The largest absolute Gasteiger partial charge is 0.381 e. The summed E-state index contributed by atoms with van der Waals surface area (Å²) in [5, 5.41) is 3.38. The average molecular weight is 199 g/mol. The van der Waals surface area contributed by atoms with Crippen LogP contribution >= 0.6 is 0 Å². The summed E-state index contributed by atoms with van der Waals surface area (Å²) in [6, 6.07) is 0.674. The maximum atomic E-state index is 5.50. The van der Waals surface area contributed by atoms with Gasteiger partial charge in [-0.05, 0) is 38.6 Å². The minimum atomic E-state index is 0.674. The molecule has 0 aliphatic heterocycles. The fourth-order valence-electron chi connectivity index (χ4n) is 1.75. The molecule has 0 spiro atoms. The quantitative estimate of drug-likeness (QED) is 0.576. The van der Waals surface area contributed by atoms with Gasteiger partial charge < -0.3 is 10.1 Å². The maximum absolute atomic E-state index is 5.50. The molecule has 1 fully saturated rings. The van der Waals surface area contributed by atoms with Gasteiger partial charge >= 0.3 is 0 Å². The Kier molecular flexibility index (Phi) is 6.20. The Morgan fingerprint density at radius 1 is 1.29 bits per heavy atom. The van der Waals surface area contributed by atoms with Crippen LogP contribution < -0.4 is 5.32 Å². The number of hydrogen-bond acceptors (Lipinski definition) is 2. The molecule has 1 saturated carbocycles. The molecule has 1 aliphatic rings. The summed E-state index contributed by atoms with van der Waals surface area (Å²) in [6.07, 6.45) is 8.00. The first-order valence-corrected chi connectivity index (χ1v) is 6.11. The molecular weight excluding hydrogens is 174 g/mol. The summed E-state index contributed by atoms with van der Waals surface area (Å²) < 4.78 is 5.50. The molecule has 1 aliphatic carbocycles. The van der Waals surface area contributed by atoms with Crippen LogP contribution in [0.25, 0.3) is 0 Å². The highest BCUT2D eigenvalue weighted by atomic mass is 16.5. The Hall–Kier alpha value is -0.0800. The highest BCUT2D eigenvalue weighted by Crippen LogP contribution is 2.34. The van der Waals surface area contributed by atoms with Crippen molar-refractivity contribution in [3.63, 3.8) is 0 Å². The van der Waals surface area contributed by atoms with Crippen LogP contribution in [0.4, 0.5) is 0 Å². The average Bonchev–Trinajstić information content (AvgIpc) is 3.01. The predicted molar refractivity (Wildman–Crippen MR) is 60.5 cm³/mol. The van der Waals surface area contributed by atoms with Crippen molar-refractivity contribution in [2.24, 2.45) is 5.92 Å². The van der Waals surface area contributed by atoms with Crippen molar-refractivity contribution >= 4 is 0 Å². The van der Waals surface area contributed by atoms with Gasteiger partial charge in [0.25, 0.3) is 0 Å². The van der Waals surface area contributed by atoms with Crippen molar-refractivity contribution in [2.75, 3.05) is 20.3 Å². The van der Waals surface area contributed by atoms with E-state index in [4.69, 9.17) is 4.74 Å². The second kappa shape index (κ2) is 7.24. The minimum absolute atomic E-state index is 0.674. The van der Waals surface area contributed by atoms with Crippen molar-refractivity contribution in [3.05, 3.63) is 0 Å². The fourth-order valence-corrected chi connectivity index (χ4v) is 1.75. The first kappa shape index (κ1) is 12.0. The normalized spacial score (nSPS) is 18.4. The molecule has 0 bridgehead atoms. The van der Waals surface area contributed by atoms with Crippen LogP contribution in [0, 0.1) is 5.92 Å². The molecule has 1 unspecified atom stereocenters. The van der Waals surface area contributed by atoms with E-state index < -0.39 is 0 Å². The lowest BCUT2D eigenvalue weighted by atomic mass is 10.1. The third-order valence-corrected chi connectivity index (χ3v) is 2.99. The van der Waals surface area contributed by atoms with E-state index in [1.807, 2.05) is 0 Å². The lowest BCUT2D eigenvalue weighted by Crippen LogP contribution is -2.26. The minimum Gasteiger partial charge on any atom is -0.381 e. The molecule has 0 radical (unpaired) electrons. The standard InChI is InChI=1S/C12H25NO/c1-3-9-14-10-8-12(13-2)7-6-11-4-5-11/h11-13H,3-10H2,1-2H3. The van der Waals surface area contributed by atoms with Crippen LogP contribution in [-0.4, -0.2) is 26.3 Å². The number of ether oxygens (including phenoxy) is 1. The highest BCUT2D eigenvalue weighted by molar-refractivity contribution is 4.76. The van der Waals surface area contributed by atoms with Gasteiger partial charge in [0.05, 0.1) is 0 Å². The number of nitrogens with one attached hydrogen (secondary N) is 1. The molecule has 0 amide bonds. The Bertz CT molecular complexity index is 134. The number of hydrogen-bond donors (Lipinski definition) is 1. The Morgan fingerprint density at radius 2 is 2.07 bits per heavy atom. The lowest BCUT2D eigenvalue weighted by molar-refractivity contribution is 0.124. The molecule has 0 heterocycles. The van der Waals surface area contributed by atoms with Gasteiger partial charge in [-0.2, -0.15) is 0 Å². The van der Waals surface area contributed by atoms with Crippen molar-refractivity contribution in [1.29, 1.82) is 0 Å². The van der Waals surface area contributed by atoms with E-state index >= 15 is 0 Å². The molecule has 84 valence electrons.